The van der Waals surface area contributed by atoms with Crippen LogP contribution in [0.25, 0.3) is 0 Å². The van der Waals surface area contributed by atoms with Gasteiger partial charge in [-0.05, 0) is 12.5 Å². The minimum Gasteiger partial charge on any atom is -0.508 e. The first-order valence-corrected chi connectivity index (χ1v) is 5.10. The molecule has 2 N–H and O–H groups in total. The third-order valence-electron chi connectivity index (χ3n) is 3.16. The summed E-state index contributed by atoms with van der Waals surface area (Å²) in [5.41, 5.74) is -0.893. The average Bonchev–Trinajstić information content (AvgIpc) is 2.62. The molecular formula is C12H12O4. The van der Waals surface area contributed by atoms with Crippen LogP contribution in [0.15, 0.2) is 24.3 Å². The standard InChI is InChI=1S/C12H12O4/c13-8-5-6-12(7-8,11(15)16)9-3-1-2-4-10(9)14/h1-4,14H,5-7H2,(H,15,16). The molecule has 2 rings (SSSR count). The summed E-state index contributed by atoms with van der Waals surface area (Å²) in [5, 5.41) is 19.0. The van der Waals surface area contributed by atoms with Gasteiger partial charge in [-0.15, -0.1) is 0 Å². The summed E-state index contributed by atoms with van der Waals surface area (Å²) in [6, 6.07) is 6.32. The fourth-order valence-electron chi connectivity index (χ4n) is 2.27. The molecule has 1 fully saturated rings. The van der Waals surface area contributed by atoms with Crippen molar-refractivity contribution in [3.8, 4) is 5.75 Å². The highest BCUT2D eigenvalue weighted by molar-refractivity contribution is 5.94. The predicted octanol–water partition coefficient (Wildman–Crippen LogP) is 1.47. The van der Waals surface area contributed by atoms with Gasteiger partial charge in [-0.25, -0.2) is 0 Å². The van der Waals surface area contributed by atoms with Crippen molar-refractivity contribution in [1.82, 2.24) is 0 Å². The van der Waals surface area contributed by atoms with Gasteiger partial charge in [0.1, 0.15) is 16.9 Å². The summed E-state index contributed by atoms with van der Waals surface area (Å²) in [6.07, 6.45) is 0.499. The minimum atomic E-state index is -1.23. The number of carboxylic acid groups (broad SMARTS) is 1. The second kappa shape index (κ2) is 3.63. The van der Waals surface area contributed by atoms with E-state index in [0.29, 0.717) is 5.56 Å². The Morgan fingerprint density at radius 2 is 2.00 bits per heavy atom. The molecule has 1 atom stereocenters. The largest absolute Gasteiger partial charge is 0.508 e. The van der Waals surface area contributed by atoms with E-state index in [0.717, 1.165) is 0 Å². The SMILES string of the molecule is O=C1CCC(C(=O)O)(c2ccccc2O)C1. The number of Topliss-reactive ketones (excluding diaryl/α,β-unsaturated/α-hetero) is 1. The van der Waals surface area contributed by atoms with Gasteiger partial charge in [-0.2, -0.15) is 0 Å². The minimum absolute atomic E-state index is 0.0279. The smallest absolute Gasteiger partial charge is 0.314 e. The first kappa shape index (κ1) is 10.7. The van der Waals surface area contributed by atoms with E-state index in [2.05, 4.69) is 0 Å². The maximum absolute atomic E-state index is 11.4. The van der Waals surface area contributed by atoms with Gasteiger partial charge in [0.2, 0.25) is 0 Å². The highest BCUT2D eigenvalue weighted by Gasteiger charge is 2.47. The molecule has 0 bridgehead atoms. The van der Waals surface area contributed by atoms with Crippen LogP contribution in [-0.2, 0) is 15.0 Å². The molecule has 0 amide bonds. The lowest BCUT2D eigenvalue weighted by Crippen LogP contribution is -2.33. The van der Waals surface area contributed by atoms with Crippen LogP contribution < -0.4 is 0 Å². The zero-order valence-corrected chi connectivity index (χ0v) is 8.64. The van der Waals surface area contributed by atoms with Gasteiger partial charge >= 0.3 is 5.97 Å². The molecule has 0 radical (unpaired) electrons. The van der Waals surface area contributed by atoms with Crippen LogP contribution in [0, 0.1) is 0 Å². The van der Waals surface area contributed by atoms with Crippen molar-refractivity contribution >= 4 is 11.8 Å². The van der Waals surface area contributed by atoms with E-state index in [1.165, 1.54) is 6.07 Å². The molecule has 0 aromatic heterocycles. The second-order valence-electron chi connectivity index (χ2n) is 4.12. The van der Waals surface area contributed by atoms with Crippen molar-refractivity contribution in [1.29, 1.82) is 0 Å². The number of para-hydroxylation sites is 1. The van der Waals surface area contributed by atoms with Crippen LogP contribution in [0.2, 0.25) is 0 Å². The number of phenolic OH excluding ortho intramolecular Hbond substituents is 1. The molecule has 1 saturated carbocycles. The van der Waals surface area contributed by atoms with E-state index in [1.54, 1.807) is 18.2 Å². The monoisotopic (exact) mass is 220 g/mol. The van der Waals surface area contributed by atoms with E-state index in [4.69, 9.17) is 0 Å². The number of hydrogen-bond acceptors (Lipinski definition) is 3. The Morgan fingerprint density at radius 3 is 2.50 bits per heavy atom. The fraction of sp³-hybridized carbons (Fsp3) is 0.333. The van der Waals surface area contributed by atoms with E-state index in [9.17, 15) is 19.8 Å². The summed E-state index contributed by atoms with van der Waals surface area (Å²) < 4.78 is 0. The normalized spacial score (nSPS) is 24.6. The number of rotatable bonds is 2. The number of carbonyl (C=O) groups excluding carboxylic acids is 1. The van der Waals surface area contributed by atoms with Crippen molar-refractivity contribution in [2.75, 3.05) is 0 Å². The van der Waals surface area contributed by atoms with Crippen molar-refractivity contribution in [3.63, 3.8) is 0 Å². The summed E-state index contributed by atoms with van der Waals surface area (Å²) in [4.78, 5) is 22.7. The number of phenols is 1. The van der Waals surface area contributed by atoms with Crippen molar-refractivity contribution in [2.24, 2.45) is 0 Å². The molecule has 0 spiro atoms. The molecule has 16 heavy (non-hydrogen) atoms. The molecule has 4 nitrogen and oxygen atoms in total. The maximum Gasteiger partial charge on any atom is 0.314 e. The van der Waals surface area contributed by atoms with Crippen LogP contribution in [0.4, 0.5) is 0 Å². The van der Waals surface area contributed by atoms with E-state index in [1.807, 2.05) is 0 Å². The molecule has 1 aromatic rings. The van der Waals surface area contributed by atoms with Gasteiger partial charge in [0, 0.05) is 18.4 Å². The van der Waals surface area contributed by atoms with Crippen molar-refractivity contribution < 1.29 is 19.8 Å². The zero-order valence-electron chi connectivity index (χ0n) is 8.64. The van der Waals surface area contributed by atoms with Gasteiger partial charge in [-0.1, -0.05) is 18.2 Å². The number of aliphatic carboxylic acids is 1. The number of benzene rings is 1. The Hall–Kier alpha value is -1.84. The molecule has 1 unspecified atom stereocenters. The van der Waals surface area contributed by atoms with Crippen molar-refractivity contribution in [2.45, 2.75) is 24.7 Å². The van der Waals surface area contributed by atoms with Gasteiger partial charge in [0.25, 0.3) is 0 Å². The third-order valence-corrected chi connectivity index (χ3v) is 3.16. The quantitative estimate of drug-likeness (QED) is 0.791. The first-order chi connectivity index (χ1) is 7.56. The Labute approximate surface area is 92.5 Å². The number of ketones is 1. The van der Waals surface area contributed by atoms with Crippen LogP contribution >= 0.6 is 0 Å². The summed E-state index contributed by atoms with van der Waals surface area (Å²) >= 11 is 0. The second-order valence-corrected chi connectivity index (χ2v) is 4.12. The lowest BCUT2D eigenvalue weighted by molar-refractivity contribution is -0.144. The Kier molecular flexibility index (Phi) is 2.42. The molecule has 0 aliphatic heterocycles. The summed E-state index contributed by atoms with van der Waals surface area (Å²) in [7, 11) is 0. The average molecular weight is 220 g/mol. The highest BCUT2D eigenvalue weighted by Crippen LogP contribution is 2.43. The fourth-order valence-corrected chi connectivity index (χ4v) is 2.27. The van der Waals surface area contributed by atoms with Crippen molar-refractivity contribution in [3.05, 3.63) is 29.8 Å². The topological polar surface area (TPSA) is 74.6 Å². The Morgan fingerprint density at radius 1 is 1.31 bits per heavy atom. The van der Waals surface area contributed by atoms with Gasteiger partial charge in [0.05, 0.1) is 0 Å². The number of carboxylic acids is 1. The van der Waals surface area contributed by atoms with Gasteiger partial charge < -0.3 is 10.2 Å². The van der Waals surface area contributed by atoms with E-state index >= 15 is 0 Å². The molecule has 1 aliphatic carbocycles. The number of hydrogen-bond donors (Lipinski definition) is 2. The van der Waals surface area contributed by atoms with E-state index < -0.39 is 11.4 Å². The van der Waals surface area contributed by atoms with Gasteiger partial charge in [-0.3, -0.25) is 9.59 Å². The Bertz CT molecular complexity index is 452. The maximum atomic E-state index is 11.4. The molecular weight excluding hydrogens is 208 g/mol. The highest BCUT2D eigenvalue weighted by atomic mass is 16.4. The summed E-state index contributed by atoms with van der Waals surface area (Å²) in [5.74, 6) is -1.16. The van der Waals surface area contributed by atoms with E-state index in [-0.39, 0.29) is 30.8 Å². The molecule has 1 aromatic carbocycles. The molecule has 4 heteroatoms. The molecule has 84 valence electrons. The first-order valence-electron chi connectivity index (χ1n) is 5.10. The number of carbonyl (C=O) groups is 2. The Balaban J connectivity index is 2.53. The lowest BCUT2D eigenvalue weighted by Gasteiger charge is -2.24. The molecule has 0 saturated heterocycles. The molecule has 1 aliphatic rings. The predicted molar refractivity (Wildman–Crippen MR) is 56.3 cm³/mol. The zero-order chi connectivity index (χ0) is 11.8. The molecule has 0 heterocycles. The number of aromatic hydroxyl groups is 1. The van der Waals surface area contributed by atoms with Crippen LogP contribution in [0.5, 0.6) is 5.75 Å². The lowest BCUT2D eigenvalue weighted by atomic mass is 9.78. The van der Waals surface area contributed by atoms with Crippen LogP contribution in [0.1, 0.15) is 24.8 Å². The van der Waals surface area contributed by atoms with Gasteiger partial charge in [0.15, 0.2) is 0 Å². The van der Waals surface area contributed by atoms with Crippen LogP contribution in [-0.4, -0.2) is 22.0 Å². The van der Waals surface area contributed by atoms with Crippen LogP contribution in [0.3, 0.4) is 0 Å². The third kappa shape index (κ3) is 1.46. The summed E-state index contributed by atoms with van der Waals surface area (Å²) in [6.45, 7) is 0.